The molecule has 23 heavy (non-hydrogen) atoms. The van der Waals surface area contributed by atoms with Crippen molar-refractivity contribution >= 4 is 39.2 Å². The zero-order chi connectivity index (χ0) is 16.7. The second kappa shape index (κ2) is 9.50. The fourth-order valence-electron chi connectivity index (χ4n) is 2.73. The first-order chi connectivity index (χ1) is 11.1. The van der Waals surface area contributed by atoms with E-state index in [-0.39, 0.29) is 5.97 Å². The van der Waals surface area contributed by atoms with Gasteiger partial charge in [0.05, 0.1) is 17.9 Å². The number of nitrogen functional groups attached to an aromatic ring is 1. The first-order valence-electron chi connectivity index (χ1n) is 8.15. The number of likely N-dealkylation sites (tertiary alicyclic amines) is 1. The Hall–Kier alpha value is -0.780. The Morgan fingerprint density at radius 3 is 2.70 bits per heavy atom. The number of nitrogens with two attached hydrogens (primary N) is 1. The number of carbonyl (C=O) groups is 1. The summed E-state index contributed by atoms with van der Waals surface area (Å²) in [4.78, 5) is 14.6. The lowest BCUT2D eigenvalue weighted by Crippen LogP contribution is -2.20. The van der Waals surface area contributed by atoms with Crippen molar-refractivity contribution in [3.05, 3.63) is 27.7 Å². The Bertz CT molecular complexity index is 534. The van der Waals surface area contributed by atoms with Gasteiger partial charge in [0.25, 0.3) is 0 Å². The minimum atomic E-state index is -0.292. The van der Waals surface area contributed by atoms with Crippen LogP contribution >= 0.6 is 27.5 Å². The van der Waals surface area contributed by atoms with Gasteiger partial charge in [-0.3, -0.25) is 4.90 Å². The van der Waals surface area contributed by atoms with Crippen LogP contribution in [0, 0.1) is 0 Å². The number of ether oxygens (including phenoxy) is 1. The third-order valence-corrected chi connectivity index (χ3v) is 4.98. The summed E-state index contributed by atoms with van der Waals surface area (Å²) in [5.74, 6) is 0.359. The zero-order valence-electron chi connectivity index (χ0n) is 13.3. The van der Waals surface area contributed by atoms with Crippen molar-refractivity contribution in [1.29, 1.82) is 0 Å². The van der Waals surface area contributed by atoms with Crippen LogP contribution in [0.3, 0.4) is 0 Å². The maximum atomic E-state index is 12.2. The van der Waals surface area contributed by atoms with E-state index in [1.165, 1.54) is 12.8 Å². The van der Waals surface area contributed by atoms with Crippen LogP contribution in [0.25, 0.3) is 0 Å². The molecule has 128 valence electrons. The summed E-state index contributed by atoms with van der Waals surface area (Å²) in [6, 6.07) is 3.60. The number of unbranched alkanes of at least 4 members (excludes halogenated alkanes) is 2. The van der Waals surface area contributed by atoms with E-state index in [0.717, 1.165) is 48.9 Å². The van der Waals surface area contributed by atoms with Gasteiger partial charge < -0.3 is 10.5 Å². The molecule has 2 rings (SSSR count). The molecule has 0 spiro atoms. The van der Waals surface area contributed by atoms with Gasteiger partial charge in [0.1, 0.15) is 0 Å². The Balaban J connectivity index is 1.97. The number of alkyl halides is 1. The lowest BCUT2D eigenvalue weighted by molar-refractivity contribution is 0.0498. The third kappa shape index (κ3) is 5.66. The van der Waals surface area contributed by atoms with Crippen LogP contribution < -0.4 is 5.73 Å². The minimum absolute atomic E-state index is 0.292. The van der Waals surface area contributed by atoms with Gasteiger partial charge in [0, 0.05) is 16.9 Å². The third-order valence-electron chi connectivity index (χ3n) is 4.05. The van der Waals surface area contributed by atoms with Gasteiger partial charge in [-0.05, 0) is 78.8 Å². The van der Waals surface area contributed by atoms with Crippen molar-refractivity contribution in [1.82, 2.24) is 4.90 Å². The van der Waals surface area contributed by atoms with Crippen LogP contribution in [0.2, 0.25) is 0 Å². The number of halogens is 2. The van der Waals surface area contributed by atoms with E-state index >= 15 is 0 Å². The second-order valence-electron chi connectivity index (χ2n) is 5.90. The van der Waals surface area contributed by atoms with Gasteiger partial charge in [-0.25, -0.2) is 4.79 Å². The van der Waals surface area contributed by atoms with Crippen LogP contribution in [0.5, 0.6) is 0 Å². The highest BCUT2D eigenvalue weighted by Gasteiger charge is 2.17. The van der Waals surface area contributed by atoms with Crippen molar-refractivity contribution in [3.8, 4) is 0 Å². The molecule has 0 radical (unpaired) electrons. The van der Waals surface area contributed by atoms with Crippen LogP contribution in [0.15, 0.2) is 16.6 Å². The normalized spacial score (nSPS) is 15.0. The number of carbonyl (C=O) groups excluding carboxylic acids is 1. The molecule has 1 heterocycles. The molecule has 1 fully saturated rings. The van der Waals surface area contributed by atoms with Crippen LogP contribution in [-0.4, -0.2) is 36.4 Å². The molecule has 2 N–H and O–H groups in total. The Labute approximate surface area is 151 Å². The summed E-state index contributed by atoms with van der Waals surface area (Å²) in [5.41, 5.74) is 8.39. The van der Waals surface area contributed by atoms with Crippen LogP contribution in [-0.2, 0) is 11.3 Å². The van der Waals surface area contributed by atoms with Crippen molar-refractivity contribution < 1.29 is 9.53 Å². The van der Waals surface area contributed by atoms with E-state index in [2.05, 4.69) is 20.8 Å². The molecule has 1 aliphatic rings. The van der Waals surface area contributed by atoms with Crippen molar-refractivity contribution in [2.45, 2.75) is 38.6 Å². The van der Waals surface area contributed by atoms with E-state index in [1.807, 2.05) is 6.07 Å². The average Bonchev–Trinajstić information content (AvgIpc) is 3.04. The van der Waals surface area contributed by atoms with E-state index in [0.29, 0.717) is 23.7 Å². The monoisotopic (exact) mass is 402 g/mol. The molecular weight excluding hydrogens is 380 g/mol. The molecule has 0 amide bonds. The summed E-state index contributed by atoms with van der Waals surface area (Å²) >= 11 is 9.08. The summed E-state index contributed by atoms with van der Waals surface area (Å²) in [6.07, 6.45) is 5.22. The van der Waals surface area contributed by atoms with Gasteiger partial charge >= 0.3 is 5.97 Å². The Morgan fingerprint density at radius 1 is 1.26 bits per heavy atom. The SMILES string of the molecule is Nc1c(Br)cc(C(=O)OCCCCCCl)cc1CN1CCCC1. The van der Waals surface area contributed by atoms with E-state index in [1.54, 1.807) is 6.07 Å². The predicted octanol–water partition coefficient (Wildman–Crippen LogP) is 4.19. The van der Waals surface area contributed by atoms with E-state index in [4.69, 9.17) is 22.1 Å². The second-order valence-corrected chi connectivity index (χ2v) is 7.13. The van der Waals surface area contributed by atoms with Gasteiger partial charge in [-0.15, -0.1) is 11.6 Å². The fourth-order valence-corrected chi connectivity index (χ4v) is 3.42. The van der Waals surface area contributed by atoms with Gasteiger partial charge in [-0.2, -0.15) is 0 Å². The largest absolute Gasteiger partial charge is 0.462 e. The Kier molecular flexibility index (Phi) is 7.66. The molecule has 0 atom stereocenters. The lowest BCUT2D eigenvalue weighted by Gasteiger charge is -2.17. The molecule has 0 aliphatic carbocycles. The first kappa shape index (κ1) is 18.6. The van der Waals surface area contributed by atoms with E-state index < -0.39 is 0 Å². The number of hydrogen-bond donors (Lipinski definition) is 1. The lowest BCUT2D eigenvalue weighted by atomic mass is 10.1. The standard InChI is InChI=1S/C17H24BrClN2O2/c18-15-11-13(17(22)23-9-5-1-2-6-19)10-14(16(15)20)12-21-7-3-4-8-21/h10-11H,1-9,12,20H2. The topological polar surface area (TPSA) is 55.6 Å². The summed E-state index contributed by atoms with van der Waals surface area (Å²) in [6.45, 7) is 3.39. The fraction of sp³-hybridized carbons (Fsp3) is 0.588. The smallest absolute Gasteiger partial charge is 0.338 e. The molecule has 6 heteroatoms. The molecule has 4 nitrogen and oxygen atoms in total. The quantitative estimate of drug-likeness (QED) is 0.306. The van der Waals surface area contributed by atoms with Crippen molar-refractivity contribution in [3.63, 3.8) is 0 Å². The predicted molar refractivity (Wildman–Crippen MR) is 97.9 cm³/mol. The first-order valence-corrected chi connectivity index (χ1v) is 9.48. The minimum Gasteiger partial charge on any atom is -0.462 e. The molecule has 1 aromatic carbocycles. The maximum absolute atomic E-state index is 12.2. The highest BCUT2D eigenvalue weighted by molar-refractivity contribution is 9.10. The summed E-state index contributed by atoms with van der Waals surface area (Å²) < 4.78 is 6.09. The molecule has 0 unspecified atom stereocenters. The Morgan fingerprint density at radius 2 is 2.00 bits per heavy atom. The summed E-state index contributed by atoms with van der Waals surface area (Å²) in [7, 11) is 0. The van der Waals surface area contributed by atoms with Crippen molar-refractivity contribution in [2.75, 3.05) is 31.3 Å². The molecular formula is C17H24BrClN2O2. The molecule has 0 aromatic heterocycles. The zero-order valence-corrected chi connectivity index (χ0v) is 15.7. The van der Waals surface area contributed by atoms with Gasteiger partial charge in [0.2, 0.25) is 0 Å². The number of rotatable bonds is 8. The number of hydrogen-bond acceptors (Lipinski definition) is 4. The molecule has 1 aliphatic heterocycles. The number of benzene rings is 1. The van der Waals surface area contributed by atoms with Gasteiger partial charge in [-0.1, -0.05) is 0 Å². The van der Waals surface area contributed by atoms with Gasteiger partial charge in [0.15, 0.2) is 0 Å². The molecule has 0 saturated carbocycles. The van der Waals surface area contributed by atoms with E-state index in [9.17, 15) is 4.79 Å². The van der Waals surface area contributed by atoms with Crippen LogP contribution in [0.4, 0.5) is 5.69 Å². The van der Waals surface area contributed by atoms with Crippen LogP contribution in [0.1, 0.15) is 48.0 Å². The molecule has 0 bridgehead atoms. The maximum Gasteiger partial charge on any atom is 0.338 e. The average molecular weight is 404 g/mol. The number of esters is 1. The summed E-state index contributed by atoms with van der Waals surface area (Å²) in [5, 5.41) is 0. The molecule has 1 aromatic rings. The number of anilines is 1. The number of nitrogens with zero attached hydrogens (tertiary/aromatic N) is 1. The highest BCUT2D eigenvalue weighted by atomic mass is 79.9. The molecule has 1 saturated heterocycles. The highest BCUT2D eigenvalue weighted by Crippen LogP contribution is 2.28. The van der Waals surface area contributed by atoms with Crippen molar-refractivity contribution in [2.24, 2.45) is 0 Å².